The summed E-state index contributed by atoms with van der Waals surface area (Å²) in [7, 11) is 0. The molecule has 1 unspecified atom stereocenters. The van der Waals surface area contributed by atoms with Crippen LogP contribution < -0.4 is 3.27 Å². The Balaban J connectivity index is 1.55. The van der Waals surface area contributed by atoms with Crippen molar-refractivity contribution in [3.05, 3.63) is 140 Å². The van der Waals surface area contributed by atoms with Crippen molar-refractivity contribution < 1.29 is 21.3 Å². The molecule has 42 heavy (non-hydrogen) atoms. The minimum absolute atomic E-state index is 0.0883. The van der Waals surface area contributed by atoms with Gasteiger partial charge in [0.1, 0.15) is 0 Å². The predicted molar refractivity (Wildman–Crippen MR) is 180 cm³/mol. The SMILES string of the molecule is CC1C=C(c2ccccc2)C=[C]1/[Zr](=[CH]/Cc1ccccc1)[c]1cc(C(C)(C)C)cc2c1Cc1ccc(C(C)(C)C)cc1-2. The Hall–Kier alpha value is -2.89. The molecular formula is C41H44Zr. The summed E-state index contributed by atoms with van der Waals surface area (Å²) >= 11 is -2.47. The van der Waals surface area contributed by atoms with Crippen molar-refractivity contribution >= 4 is 12.6 Å². The van der Waals surface area contributed by atoms with Crippen LogP contribution in [0.5, 0.6) is 0 Å². The first-order valence-corrected chi connectivity index (χ1v) is 19.4. The molecule has 0 heterocycles. The summed E-state index contributed by atoms with van der Waals surface area (Å²) in [5.74, 6) is 0.465. The van der Waals surface area contributed by atoms with Gasteiger partial charge < -0.3 is 0 Å². The standard InChI is InChI=1S/C21H25.C12H11.C8H8.Zr/c1-20(2,3)16-9-7-14-11-15-8-10-17(21(4,5)6)13-19(15)18(14)12-16;1-10-7-8-12(9-10)11-5-3-2-4-6-11;1-2-8-6-4-3-5-7-8;/h7,9-10,12-13H,11H2,1-6H3;2-6,8-10H,1H3;1,3-7H,2H2;. The molecule has 0 N–H and O–H groups in total. The Kier molecular flexibility index (Phi) is 7.87. The summed E-state index contributed by atoms with van der Waals surface area (Å²) in [5.41, 5.74) is 13.3. The van der Waals surface area contributed by atoms with E-state index in [-0.39, 0.29) is 10.8 Å². The van der Waals surface area contributed by atoms with Crippen LogP contribution in [0, 0.1) is 5.92 Å². The Bertz CT molecular complexity index is 1720. The van der Waals surface area contributed by atoms with Crippen molar-refractivity contribution in [2.75, 3.05) is 0 Å². The first kappa shape index (κ1) is 29.2. The van der Waals surface area contributed by atoms with E-state index in [4.69, 9.17) is 0 Å². The second kappa shape index (κ2) is 11.3. The molecule has 0 aliphatic heterocycles. The molecule has 1 atom stereocenters. The molecule has 6 rings (SSSR count). The van der Waals surface area contributed by atoms with Crippen molar-refractivity contribution in [2.45, 2.75) is 72.1 Å². The third-order valence-corrected chi connectivity index (χ3v) is 16.1. The molecule has 2 aliphatic rings. The van der Waals surface area contributed by atoms with Gasteiger partial charge in [0.25, 0.3) is 0 Å². The van der Waals surface area contributed by atoms with E-state index in [9.17, 15) is 0 Å². The normalized spacial score (nSPS) is 16.6. The first-order chi connectivity index (χ1) is 20.0. The second-order valence-corrected chi connectivity index (χ2v) is 20.1. The number of rotatable bonds is 5. The zero-order valence-corrected chi connectivity index (χ0v) is 28.8. The summed E-state index contributed by atoms with van der Waals surface area (Å²) in [6, 6.07) is 34.5. The topological polar surface area (TPSA) is 0 Å². The van der Waals surface area contributed by atoms with Crippen LogP contribution in [-0.4, -0.2) is 3.71 Å². The van der Waals surface area contributed by atoms with Gasteiger partial charge in [-0.1, -0.05) is 0 Å². The molecule has 0 nitrogen and oxygen atoms in total. The molecule has 0 fully saturated rings. The van der Waals surface area contributed by atoms with E-state index >= 15 is 0 Å². The molecule has 0 bridgehead atoms. The van der Waals surface area contributed by atoms with Crippen LogP contribution in [0.15, 0.2) is 106 Å². The second-order valence-electron chi connectivity index (χ2n) is 14.3. The van der Waals surface area contributed by atoms with Gasteiger partial charge in [-0.2, -0.15) is 0 Å². The van der Waals surface area contributed by atoms with Crippen molar-refractivity contribution in [3.63, 3.8) is 0 Å². The van der Waals surface area contributed by atoms with Gasteiger partial charge in [0.05, 0.1) is 0 Å². The summed E-state index contributed by atoms with van der Waals surface area (Å²) in [4.78, 5) is 0. The molecule has 1 heteroatoms. The zero-order chi connectivity index (χ0) is 29.6. The van der Waals surface area contributed by atoms with Crippen molar-refractivity contribution in [1.29, 1.82) is 0 Å². The van der Waals surface area contributed by atoms with Gasteiger partial charge in [-0.05, 0) is 0 Å². The monoisotopic (exact) mass is 626 g/mol. The average molecular weight is 628 g/mol. The quantitative estimate of drug-likeness (QED) is 0.182. The van der Waals surface area contributed by atoms with E-state index < -0.39 is 21.3 Å². The van der Waals surface area contributed by atoms with E-state index in [0.29, 0.717) is 5.92 Å². The summed E-state index contributed by atoms with van der Waals surface area (Å²) in [5, 5.41) is 0. The fourth-order valence-electron chi connectivity index (χ4n) is 6.47. The average Bonchev–Trinajstić information content (AvgIpc) is 3.53. The molecule has 0 saturated heterocycles. The molecule has 4 aromatic rings. The van der Waals surface area contributed by atoms with Gasteiger partial charge >= 0.3 is 263 Å². The molecule has 0 aromatic heterocycles. The van der Waals surface area contributed by atoms with Crippen molar-refractivity contribution in [3.8, 4) is 11.1 Å². The first-order valence-electron chi connectivity index (χ1n) is 15.5. The van der Waals surface area contributed by atoms with Crippen molar-refractivity contribution in [2.24, 2.45) is 5.92 Å². The van der Waals surface area contributed by atoms with Gasteiger partial charge in [0.15, 0.2) is 0 Å². The van der Waals surface area contributed by atoms with Crippen LogP contribution in [0.3, 0.4) is 0 Å². The number of hydrogen-bond acceptors (Lipinski definition) is 0. The predicted octanol–water partition coefficient (Wildman–Crippen LogP) is 9.76. The van der Waals surface area contributed by atoms with Crippen LogP contribution in [0.4, 0.5) is 0 Å². The van der Waals surface area contributed by atoms with E-state index in [2.05, 4.69) is 155 Å². The van der Waals surface area contributed by atoms with Gasteiger partial charge in [-0.25, -0.2) is 0 Å². The van der Waals surface area contributed by atoms with Gasteiger partial charge in [0, 0.05) is 0 Å². The van der Waals surface area contributed by atoms with E-state index in [0.717, 1.165) is 12.8 Å². The van der Waals surface area contributed by atoms with Crippen LogP contribution >= 0.6 is 0 Å². The third-order valence-electron chi connectivity index (χ3n) is 9.07. The fourth-order valence-corrected chi connectivity index (χ4v) is 13.7. The molecular weight excluding hydrogens is 584 g/mol. The Morgan fingerprint density at radius 2 is 1.38 bits per heavy atom. The van der Waals surface area contributed by atoms with Crippen LogP contribution in [0.25, 0.3) is 16.7 Å². The Labute approximate surface area is 261 Å². The van der Waals surface area contributed by atoms with E-state index in [1.54, 1.807) is 12.1 Å². The number of allylic oxidation sites excluding steroid dienone is 4. The fraction of sp³-hybridized carbons (Fsp3) is 0.293. The molecule has 212 valence electrons. The minimum atomic E-state index is -2.47. The molecule has 0 spiro atoms. The van der Waals surface area contributed by atoms with Crippen LogP contribution in [0.1, 0.15) is 81.8 Å². The van der Waals surface area contributed by atoms with Gasteiger partial charge in [0.2, 0.25) is 0 Å². The van der Waals surface area contributed by atoms with Crippen LogP contribution in [0.2, 0.25) is 0 Å². The van der Waals surface area contributed by atoms with Gasteiger partial charge in [-0.3, -0.25) is 0 Å². The maximum atomic E-state index is 2.79. The molecule has 0 amide bonds. The molecule has 0 saturated carbocycles. The summed E-state index contributed by atoms with van der Waals surface area (Å²) in [6.45, 7) is 16.6. The van der Waals surface area contributed by atoms with Crippen molar-refractivity contribution in [1.82, 2.24) is 0 Å². The number of fused-ring (bicyclic) bond motifs is 3. The third kappa shape index (κ3) is 5.83. The zero-order valence-electron chi connectivity index (χ0n) is 26.4. The Morgan fingerprint density at radius 3 is 2.05 bits per heavy atom. The Morgan fingerprint density at radius 1 is 0.738 bits per heavy atom. The van der Waals surface area contributed by atoms with E-state index in [1.165, 1.54) is 44.5 Å². The molecule has 0 radical (unpaired) electrons. The summed E-state index contributed by atoms with van der Waals surface area (Å²) < 4.78 is 6.17. The van der Waals surface area contributed by atoms with Gasteiger partial charge in [-0.15, -0.1) is 0 Å². The van der Waals surface area contributed by atoms with Crippen LogP contribution in [-0.2, 0) is 44.9 Å². The molecule has 4 aromatic carbocycles. The number of hydrogen-bond donors (Lipinski definition) is 0. The maximum absolute atomic E-state index is 2.79. The summed E-state index contributed by atoms with van der Waals surface area (Å²) in [6.07, 6.45) is 7.18. The number of benzene rings is 4. The molecule has 2 aliphatic carbocycles. The van der Waals surface area contributed by atoms with E-state index in [1.807, 2.05) is 0 Å².